The van der Waals surface area contributed by atoms with E-state index in [1.54, 1.807) is 24.4 Å². The first-order chi connectivity index (χ1) is 8.97. The van der Waals surface area contributed by atoms with Crippen LogP contribution in [0.3, 0.4) is 0 Å². The highest BCUT2D eigenvalue weighted by molar-refractivity contribution is 6.42. The molecule has 2 aromatic carbocycles. The summed E-state index contributed by atoms with van der Waals surface area (Å²) in [5.41, 5.74) is 3.32. The molecule has 2 aromatic rings. The van der Waals surface area contributed by atoms with Gasteiger partial charge in [0.1, 0.15) is 5.75 Å². The summed E-state index contributed by atoms with van der Waals surface area (Å²) in [4.78, 5) is 4.34. The molecule has 98 valence electrons. The Bertz CT molecular complexity index is 628. The molecule has 0 aromatic heterocycles. The molecule has 2 nitrogen and oxygen atoms in total. The maximum atomic E-state index is 9.71. The Morgan fingerprint density at radius 2 is 1.63 bits per heavy atom. The summed E-state index contributed by atoms with van der Waals surface area (Å²) >= 11 is 11.8. The summed E-state index contributed by atoms with van der Waals surface area (Å²) in [6.45, 7) is 3.72. The van der Waals surface area contributed by atoms with Gasteiger partial charge in [-0.05, 0) is 60.9 Å². The summed E-state index contributed by atoms with van der Waals surface area (Å²) in [6, 6.07) is 8.97. The number of benzene rings is 2. The quantitative estimate of drug-likeness (QED) is 0.771. The van der Waals surface area contributed by atoms with Crippen molar-refractivity contribution in [3.8, 4) is 5.75 Å². The summed E-state index contributed by atoms with van der Waals surface area (Å²) < 4.78 is 0. The second-order valence-corrected chi connectivity index (χ2v) is 5.17. The number of aromatic hydroxyl groups is 1. The first-order valence-corrected chi connectivity index (χ1v) is 6.52. The zero-order valence-electron chi connectivity index (χ0n) is 10.6. The monoisotopic (exact) mass is 293 g/mol. The van der Waals surface area contributed by atoms with E-state index >= 15 is 0 Å². The van der Waals surface area contributed by atoms with E-state index < -0.39 is 0 Å². The third-order valence-corrected chi connectivity index (χ3v) is 3.52. The molecule has 0 radical (unpaired) electrons. The topological polar surface area (TPSA) is 32.6 Å². The van der Waals surface area contributed by atoms with Crippen molar-refractivity contribution in [1.29, 1.82) is 0 Å². The van der Waals surface area contributed by atoms with Crippen molar-refractivity contribution in [2.45, 2.75) is 13.8 Å². The van der Waals surface area contributed by atoms with Gasteiger partial charge in [0.25, 0.3) is 0 Å². The molecule has 1 N–H and O–H groups in total. The van der Waals surface area contributed by atoms with Crippen LogP contribution in [0.1, 0.15) is 16.7 Å². The van der Waals surface area contributed by atoms with Crippen LogP contribution in [0.15, 0.2) is 35.3 Å². The molecule has 0 heterocycles. The molecule has 0 aliphatic heterocycles. The maximum absolute atomic E-state index is 9.71. The summed E-state index contributed by atoms with van der Waals surface area (Å²) in [5, 5.41) is 10.7. The molecule has 0 unspecified atom stereocenters. The molecule has 0 amide bonds. The van der Waals surface area contributed by atoms with Gasteiger partial charge in [-0.1, -0.05) is 23.2 Å². The summed E-state index contributed by atoms with van der Waals surface area (Å²) in [5.74, 6) is 0.326. The van der Waals surface area contributed by atoms with E-state index in [4.69, 9.17) is 23.2 Å². The molecule has 2 rings (SSSR count). The molecule has 0 aliphatic rings. The van der Waals surface area contributed by atoms with E-state index in [2.05, 4.69) is 4.99 Å². The largest absolute Gasteiger partial charge is 0.507 e. The fourth-order valence-electron chi connectivity index (χ4n) is 1.78. The predicted molar refractivity (Wildman–Crippen MR) is 81.3 cm³/mol. The van der Waals surface area contributed by atoms with Crippen LogP contribution in [-0.2, 0) is 0 Å². The Morgan fingerprint density at radius 1 is 1.00 bits per heavy atom. The van der Waals surface area contributed by atoms with E-state index in [0.29, 0.717) is 15.8 Å². The average Bonchev–Trinajstić information content (AvgIpc) is 2.37. The van der Waals surface area contributed by atoms with Crippen molar-refractivity contribution in [3.63, 3.8) is 0 Å². The van der Waals surface area contributed by atoms with E-state index in [1.807, 2.05) is 26.0 Å². The molecule has 0 saturated carbocycles. The fourth-order valence-corrected chi connectivity index (χ4v) is 2.07. The second kappa shape index (κ2) is 5.64. The van der Waals surface area contributed by atoms with Crippen LogP contribution in [0.5, 0.6) is 5.75 Å². The van der Waals surface area contributed by atoms with Gasteiger partial charge in [0.05, 0.1) is 15.7 Å². The lowest BCUT2D eigenvalue weighted by Crippen LogP contribution is -1.87. The lowest BCUT2D eigenvalue weighted by atomic mass is 10.1. The molecule has 0 aliphatic carbocycles. The molecule has 0 saturated heterocycles. The molecule has 0 spiro atoms. The smallest absolute Gasteiger partial charge is 0.121 e. The van der Waals surface area contributed by atoms with Crippen LogP contribution in [-0.4, -0.2) is 11.3 Å². The normalized spacial score (nSPS) is 11.2. The minimum absolute atomic E-state index is 0.326. The Morgan fingerprint density at radius 3 is 2.21 bits per heavy atom. The summed E-state index contributed by atoms with van der Waals surface area (Å²) in [6.07, 6.45) is 1.74. The zero-order chi connectivity index (χ0) is 14.0. The van der Waals surface area contributed by atoms with E-state index in [9.17, 15) is 5.11 Å². The Hall–Kier alpha value is -1.51. The SMILES string of the molecule is Cc1cc(C=Nc2ccc(Cl)c(Cl)c2)cc(C)c1O. The van der Waals surface area contributed by atoms with Gasteiger partial charge in [-0.2, -0.15) is 0 Å². The van der Waals surface area contributed by atoms with Crippen molar-refractivity contribution < 1.29 is 5.11 Å². The molecular formula is C15H13Cl2NO. The zero-order valence-corrected chi connectivity index (χ0v) is 12.1. The van der Waals surface area contributed by atoms with Crippen LogP contribution < -0.4 is 0 Å². The van der Waals surface area contributed by atoms with Crippen LogP contribution in [0.2, 0.25) is 10.0 Å². The van der Waals surface area contributed by atoms with E-state index in [-0.39, 0.29) is 0 Å². The second-order valence-electron chi connectivity index (χ2n) is 4.36. The minimum atomic E-state index is 0.326. The number of phenolic OH excluding ortho intramolecular Hbond substituents is 1. The van der Waals surface area contributed by atoms with Crippen molar-refractivity contribution in [2.75, 3.05) is 0 Å². The van der Waals surface area contributed by atoms with Crippen LogP contribution in [0, 0.1) is 13.8 Å². The highest BCUT2D eigenvalue weighted by atomic mass is 35.5. The van der Waals surface area contributed by atoms with Crippen molar-refractivity contribution in [1.82, 2.24) is 0 Å². The average molecular weight is 294 g/mol. The molecule has 19 heavy (non-hydrogen) atoms. The Kier molecular flexibility index (Phi) is 4.13. The highest BCUT2D eigenvalue weighted by Gasteiger charge is 2.02. The Labute approximate surface area is 122 Å². The molecule has 4 heteroatoms. The lowest BCUT2D eigenvalue weighted by molar-refractivity contribution is 0.467. The van der Waals surface area contributed by atoms with Crippen LogP contribution in [0.25, 0.3) is 0 Å². The lowest BCUT2D eigenvalue weighted by Gasteiger charge is -2.04. The van der Waals surface area contributed by atoms with E-state index in [0.717, 1.165) is 22.4 Å². The number of hydrogen-bond acceptors (Lipinski definition) is 2. The van der Waals surface area contributed by atoms with Crippen molar-refractivity contribution in [2.24, 2.45) is 4.99 Å². The third-order valence-electron chi connectivity index (χ3n) is 2.78. The first-order valence-electron chi connectivity index (χ1n) is 5.76. The van der Waals surface area contributed by atoms with Gasteiger partial charge in [-0.15, -0.1) is 0 Å². The number of rotatable bonds is 2. The number of nitrogens with zero attached hydrogens (tertiary/aromatic N) is 1. The van der Waals surface area contributed by atoms with Gasteiger partial charge in [0.2, 0.25) is 0 Å². The molecule has 0 fully saturated rings. The van der Waals surface area contributed by atoms with Gasteiger partial charge >= 0.3 is 0 Å². The van der Waals surface area contributed by atoms with Gasteiger partial charge in [-0.3, -0.25) is 4.99 Å². The number of halogens is 2. The van der Waals surface area contributed by atoms with Crippen LogP contribution in [0.4, 0.5) is 5.69 Å². The minimum Gasteiger partial charge on any atom is -0.507 e. The highest BCUT2D eigenvalue weighted by Crippen LogP contribution is 2.27. The Balaban J connectivity index is 2.30. The van der Waals surface area contributed by atoms with E-state index in [1.165, 1.54) is 0 Å². The van der Waals surface area contributed by atoms with Gasteiger partial charge in [-0.25, -0.2) is 0 Å². The first kappa shape index (κ1) is 13.9. The standard InChI is InChI=1S/C15H13Cl2NO/c1-9-5-11(6-10(2)15(9)19)8-18-12-3-4-13(16)14(17)7-12/h3-8,19H,1-2H3. The number of phenols is 1. The predicted octanol–water partition coefficient (Wildman–Crippen LogP) is 5.07. The number of hydrogen-bond donors (Lipinski definition) is 1. The van der Waals surface area contributed by atoms with Gasteiger partial charge in [0.15, 0.2) is 0 Å². The van der Waals surface area contributed by atoms with Gasteiger partial charge in [0, 0.05) is 6.21 Å². The van der Waals surface area contributed by atoms with Gasteiger partial charge < -0.3 is 5.11 Å². The molecule has 0 bridgehead atoms. The molecular weight excluding hydrogens is 281 g/mol. The van der Waals surface area contributed by atoms with Crippen LogP contribution >= 0.6 is 23.2 Å². The van der Waals surface area contributed by atoms with Crippen molar-refractivity contribution >= 4 is 35.1 Å². The number of aliphatic imine (C=N–C) groups is 1. The third kappa shape index (κ3) is 3.28. The number of aryl methyl sites for hydroxylation is 2. The fraction of sp³-hybridized carbons (Fsp3) is 0.133. The summed E-state index contributed by atoms with van der Waals surface area (Å²) in [7, 11) is 0. The van der Waals surface area contributed by atoms with Crippen molar-refractivity contribution in [3.05, 3.63) is 57.1 Å². The molecule has 0 atom stereocenters. The maximum Gasteiger partial charge on any atom is 0.121 e.